The molecular weight excluding hydrogens is 324 g/mol. The van der Waals surface area contributed by atoms with Crippen LogP contribution in [0, 0.1) is 0 Å². The molecule has 1 N–H and O–H groups in total. The lowest BCUT2D eigenvalue weighted by molar-refractivity contribution is -0.129. The number of aromatic nitrogens is 3. The van der Waals surface area contributed by atoms with E-state index >= 15 is 0 Å². The van der Waals surface area contributed by atoms with Crippen LogP contribution in [0.5, 0.6) is 0 Å². The number of hydrogen-bond donors (Lipinski definition) is 1. The zero-order chi connectivity index (χ0) is 18.0. The molecule has 3 rings (SSSR count). The Hall–Kier alpha value is -2.90. The summed E-state index contributed by atoms with van der Waals surface area (Å²) in [5, 5.41) is 13.6. The standard InChI is InChI=1S/C17H20N4O4/c1-12(22)19-9-4-14-13(10-19)11-20(16(23)15(14)17(24)25)6-3-8-21-7-2-5-18-21/h2,5,7,11H,3-4,6,8-10H2,1H3,(H,24,25). The van der Waals surface area contributed by atoms with Crippen molar-refractivity contribution in [2.75, 3.05) is 6.54 Å². The van der Waals surface area contributed by atoms with Crippen LogP contribution >= 0.6 is 0 Å². The molecule has 0 atom stereocenters. The molecule has 1 aliphatic rings. The van der Waals surface area contributed by atoms with Gasteiger partial charge in [-0.3, -0.25) is 14.3 Å². The average molecular weight is 344 g/mol. The molecule has 2 aromatic heterocycles. The van der Waals surface area contributed by atoms with Crippen molar-refractivity contribution < 1.29 is 14.7 Å². The Morgan fingerprint density at radius 3 is 2.76 bits per heavy atom. The summed E-state index contributed by atoms with van der Waals surface area (Å²) in [5.41, 5.74) is 0.638. The van der Waals surface area contributed by atoms with Crippen LogP contribution in [0.15, 0.2) is 29.5 Å². The number of aryl methyl sites for hydroxylation is 2. The Kier molecular flexibility index (Phi) is 4.69. The van der Waals surface area contributed by atoms with Crippen molar-refractivity contribution in [3.8, 4) is 0 Å². The van der Waals surface area contributed by atoms with Gasteiger partial charge in [-0.15, -0.1) is 0 Å². The molecule has 8 heteroatoms. The maximum absolute atomic E-state index is 12.6. The fraction of sp³-hybridized carbons (Fsp3) is 0.412. The molecule has 8 nitrogen and oxygen atoms in total. The molecule has 0 fully saturated rings. The van der Waals surface area contributed by atoms with Gasteiger partial charge in [-0.1, -0.05) is 0 Å². The number of carbonyl (C=O) groups excluding carboxylic acids is 1. The first-order valence-electron chi connectivity index (χ1n) is 8.19. The Balaban J connectivity index is 1.89. The van der Waals surface area contributed by atoms with E-state index in [0.717, 1.165) is 5.56 Å². The van der Waals surface area contributed by atoms with Gasteiger partial charge in [-0.2, -0.15) is 5.10 Å². The SMILES string of the molecule is CC(=O)N1CCc2c(cn(CCCn3cccn3)c(=O)c2C(=O)O)C1. The van der Waals surface area contributed by atoms with E-state index in [-0.39, 0.29) is 11.5 Å². The smallest absolute Gasteiger partial charge is 0.341 e. The zero-order valence-corrected chi connectivity index (χ0v) is 14.0. The van der Waals surface area contributed by atoms with Gasteiger partial charge in [0.2, 0.25) is 5.91 Å². The molecule has 132 valence electrons. The van der Waals surface area contributed by atoms with Crippen molar-refractivity contribution in [2.45, 2.75) is 39.4 Å². The van der Waals surface area contributed by atoms with Crippen LogP contribution in [0.4, 0.5) is 0 Å². The fourth-order valence-electron chi connectivity index (χ4n) is 3.20. The lowest BCUT2D eigenvalue weighted by Crippen LogP contribution is -2.38. The van der Waals surface area contributed by atoms with Crippen molar-refractivity contribution in [1.29, 1.82) is 0 Å². The van der Waals surface area contributed by atoms with Crippen molar-refractivity contribution >= 4 is 11.9 Å². The van der Waals surface area contributed by atoms with E-state index in [1.807, 2.05) is 12.3 Å². The van der Waals surface area contributed by atoms with Crippen LogP contribution in [0.25, 0.3) is 0 Å². The molecule has 0 aliphatic carbocycles. The maximum atomic E-state index is 12.6. The highest BCUT2D eigenvalue weighted by Gasteiger charge is 2.26. The summed E-state index contributed by atoms with van der Waals surface area (Å²) in [6.45, 7) is 3.30. The topological polar surface area (TPSA) is 97.4 Å². The van der Waals surface area contributed by atoms with Crippen LogP contribution in [-0.4, -0.2) is 42.8 Å². The second-order valence-corrected chi connectivity index (χ2v) is 6.12. The quantitative estimate of drug-likeness (QED) is 0.863. The van der Waals surface area contributed by atoms with E-state index in [4.69, 9.17) is 0 Å². The number of carboxylic acids is 1. The molecule has 0 saturated carbocycles. The Morgan fingerprint density at radius 2 is 2.12 bits per heavy atom. The van der Waals surface area contributed by atoms with Gasteiger partial charge < -0.3 is 14.6 Å². The minimum atomic E-state index is -1.21. The second-order valence-electron chi connectivity index (χ2n) is 6.12. The molecule has 1 aliphatic heterocycles. The highest BCUT2D eigenvalue weighted by molar-refractivity contribution is 5.89. The minimum absolute atomic E-state index is 0.0565. The number of pyridine rings is 1. The number of aromatic carboxylic acids is 1. The Bertz CT molecular complexity index is 854. The fourth-order valence-corrected chi connectivity index (χ4v) is 3.20. The van der Waals surface area contributed by atoms with Crippen LogP contribution in [0.3, 0.4) is 0 Å². The van der Waals surface area contributed by atoms with Gasteiger partial charge in [0.1, 0.15) is 5.56 Å². The first-order valence-corrected chi connectivity index (χ1v) is 8.19. The van der Waals surface area contributed by atoms with Crippen LogP contribution in [0.2, 0.25) is 0 Å². The third kappa shape index (κ3) is 3.47. The summed E-state index contributed by atoms with van der Waals surface area (Å²) in [4.78, 5) is 37.5. The van der Waals surface area contributed by atoms with Gasteiger partial charge in [0.05, 0.1) is 0 Å². The Labute approximate surface area is 144 Å². The number of rotatable bonds is 5. The molecule has 1 amide bonds. The third-order valence-electron chi connectivity index (χ3n) is 4.47. The largest absolute Gasteiger partial charge is 0.477 e. The van der Waals surface area contributed by atoms with E-state index in [9.17, 15) is 19.5 Å². The van der Waals surface area contributed by atoms with Gasteiger partial charge in [0.25, 0.3) is 5.56 Å². The van der Waals surface area contributed by atoms with Crippen molar-refractivity contribution in [1.82, 2.24) is 19.2 Å². The Morgan fingerprint density at radius 1 is 1.32 bits per heavy atom. The van der Waals surface area contributed by atoms with Gasteiger partial charge in [0, 0.05) is 51.7 Å². The number of fused-ring (bicyclic) bond motifs is 1. The van der Waals surface area contributed by atoms with Gasteiger partial charge in [0.15, 0.2) is 0 Å². The second kappa shape index (κ2) is 6.92. The number of hydrogen-bond acceptors (Lipinski definition) is 4. The summed E-state index contributed by atoms with van der Waals surface area (Å²) in [6.07, 6.45) is 6.26. The molecular formula is C17H20N4O4. The van der Waals surface area contributed by atoms with Crippen LogP contribution < -0.4 is 5.56 Å². The summed E-state index contributed by atoms with van der Waals surface area (Å²) in [5.74, 6) is -1.27. The van der Waals surface area contributed by atoms with Crippen LogP contribution in [0.1, 0.15) is 34.8 Å². The summed E-state index contributed by atoms with van der Waals surface area (Å²) in [6, 6.07) is 1.82. The number of carbonyl (C=O) groups is 2. The highest BCUT2D eigenvalue weighted by Crippen LogP contribution is 2.21. The monoisotopic (exact) mass is 344 g/mol. The molecule has 25 heavy (non-hydrogen) atoms. The first-order chi connectivity index (χ1) is 12.0. The van der Waals surface area contributed by atoms with Gasteiger partial charge >= 0.3 is 5.97 Å². The van der Waals surface area contributed by atoms with Crippen molar-refractivity contribution in [3.05, 3.63) is 51.7 Å². The number of amides is 1. The summed E-state index contributed by atoms with van der Waals surface area (Å²) >= 11 is 0. The molecule has 3 heterocycles. The lowest BCUT2D eigenvalue weighted by atomic mass is 9.96. The van der Waals surface area contributed by atoms with E-state index < -0.39 is 11.5 Å². The molecule has 0 bridgehead atoms. The van der Waals surface area contributed by atoms with Crippen molar-refractivity contribution in [2.24, 2.45) is 0 Å². The van der Waals surface area contributed by atoms with Gasteiger partial charge in [-0.25, -0.2) is 4.79 Å². The number of nitrogens with zero attached hydrogens (tertiary/aromatic N) is 4. The van der Waals surface area contributed by atoms with E-state index in [1.165, 1.54) is 11.5 Å². The molecule has 0 aromatic carbocycles. The summed E-state index contributed by atoms with van der Waals surface area (Å²) < 4.78 is 3.20. The molecule has 0 radical (unpaired) electrons. The lowest BCUT2D eigenvalue weighted by Gasteiger charge is -2.29. The van der Waals surface area contributed by atoms with Crippen molar-refractivity contribution in [3.63, 3.8) is 0 Å². The highest BCUT2D eigenvalue weighted by atomic mass is 16.4. The van der Waals surface area contributed by atoms with Gasteiger partial charge in [-0.05, 0) is 30.0 Å². The first kappa shape index (κ1) is 16.9. The maximum Gasteiger partial charge on any atom is 0.341 e. The molecule has 0 unspecified atom stereocenters. The minimum Gasteiger partial charge on any atom is -0.477 e. The third-order valence-corrected chi connectivity index (χ3v) is 4.47. The average Bonchev–Trinajstić information content (AvgIpc) is 3.07. The predicted molar refractivity (Wildman–Crippen MR) is 89.3 cm³/mol. The summed E-state index contributed by atoms with van der Waals surface area (Å²) in [7, 11) is 0. The van der Waals surface area contributed by atoms with E-state index in [0.29, 0.717) is 44.6 Å². The predicted octanol–water partition coefficient (Wildman–Crippen LogP) is 0.738. The van der Waals surface area contributed by atoms with E-state index in [2.05, 4.69) is 5.10 Å². The van der Waals surface area contributed by atoms with E-state index in [1.54, 1.807) is 22.0 Å². The normalized spacial score (nSPS) is 13.6. The molecule has 0 saturated heterocycles. The zero-order valence-electron chi connectivity index (χ0n) is 14.0. The molecule has 0 spiro atoms. The molecule has 2 aromatic rings. The number of carboxylic acid groups (broad SMARTS) is 1. The van der Waals surface area contributed by atoms with Crippen LogP contribution in [-0.2, 0) is 30.8 Å².